The molecule has 0 unspecified atom stereocenters. The van der Waals surface area contributed by atoms with Crippen molar-refractivity contribution < 1.29 is 35.1 Å². The van der Waals surface area contributed by atoms with Gasteiger partial charge in [-0.25, -0.2) is 0 Å². The topological polar surface area (TPSA) is 0 Å². The number of halogens is 9. The molecule has 0 aliphatic rings. The quantitative estimate of drug-likeness (QED) is 0.565. The molecule has 0 N–H and O–H groups in total. The average molecular weight is 265 g/mol. The predicted molar refractivity (Wildman–Crippen MR) is 37.7 cm³/mol. The van der Waals surface area contributed by atoms with Crippen LogP contribution in [-0.2, 0) is 0 Å². The van der Waals surface area contributed by atoms with Crippen LogP contribution in [0.15, 0.2) is 11.6 Å². The summed E-state index contributed by atoms with van der Waals surface area (Å²) in [5.41, 5.74) is 0.431. The van der Waals surface area contributed by atoms with Crippen LogP contribution >= 0.6 is 11.6 Å². The lowest BCUT2D eigenvalue weighted by Crippen LogP contribution is -2.32. The van der Waals surface area contributed by atoms with E-state index in [0.717, 1.165) is 0 Å². The molecule has 0 saturated heterocycles. The van der Waals surface area contributed by atoms with E-state index in [-0.39, 0.29) is 13.0 Å². The third-order valence-electron chi connectivity index (χ3n) is 0.750. The van der Waals surface area contributed by atoms with Gasteiger partial charge in [0.25, 0.3) is 0 Å². The van der Waals surface area contributed by atoms with Crippen molar-refractivity contribution in [1.82, 2.24) is 0 Å². The van der Waals surface area contributed by atoms with E-state index >= 15 is 0 Å². The Morgan fingerprint density at radius 2 is 1.13 bits per heavy atom. The van der Waals surface area contributed by atoms with Gasteiger partial charge in [0.05, 0.1) is 0 Å². The van der Waals surface area contributed by atoms with E-state index in [9.17, 15) is 35.1 Å². The van der Waals surface area contributed by atoms with Gasteiger partial charge in [-0.1, -0.05) is 11.6 Å². The van der Waals surface area contributed by atoms with E-state index in [2.05, 4.69) is 11.6 Å². The second-order valence-corrected chi connectivity index (χ2v) is 2.47. The van der Waals surface area contributed by atoms with Crippen LogP contribution in [0.25, 0.3) is 0 Å². The molecule has 92 valence electrons. The fraction of sp³-hybridized carbons (Fsp3) is 0.667. The van der Waals surface area contributed by atoms with Crippen LogP contribution in [0.3, 0.4) is 0 Å². The maximum absolute atomic E-state index is 11.1. The van der Waals surface area contributed by atoms with Crippen molar-refractivity contribution in [2.75, 3.05) is 0 Å². The SMILES string of the molecule is CC(F)(F)C(F)(F)F.FC(F)(F)C=CCl. The molecule has 0 saturated carbocycles. The van der Waals surface area contributed by atoms with Crippen LogP contribution < -0.4 is 0 Å². The molecule has 0 aromatic carbocycles. The Labute approximate surface area is 84.5 Å². The van der Waals surface area contributed by atoms with E-state index in [1.165, 1.54) is 0 Å². The first kappa shape index (κ1) is 16.9. The lowest BCUT2D eigenvalue weighted by molar-refractivity contribution is -0.273. The van der Waals surface area contributed by atoms with Gasteiger partial charge in [0, 0.05) is 18.5 Å². The molecular formula is C6H5ClF8. The molecule has 0 radical (unpaired) electrons. The van der Waals surface area contributed by atoms with E-state index in [1.54, 1.807) is 0 Å². The summed E-state index contributed by atoms with van der Waals surface area (Å²) in [6.45, 7) is -0.188. The minimum absolute atomic E-state index is 0.0471. The molecule has 15 heavy (non-hydrogen) atoms. The molecule has 0 nitrogen and oxygen atoms in total. The Hall–Kier alpha value is -0.530. The molecule has 0 aromatic rings. The summed E-state index contributed by atoms with van der Waals surface area (Å²) in [7, 11) is 0. The zero-order valence-corrected chi connectivity index (χ0v) is 7.81. The van der Waals surface area contributed by atoms with Crippen LogP contribution in [0.1, 0.15) is 6.92 Å². The van der Waals surface area contributed by atoms with Gasteiger partial charge in [-0.15, -0.1) is 0 Å². The van der Waals surface area contributed by atoms with Crippen molar-refractivity contribution in [2.24, 2.45) is 0 Å². The standard InChI is InChI=1S/C3H2ClF3.C3H3F5/c4-2-1-3(5,6)7;1-2(4,5)3(6,7)8/h1-2H;1H3. The lowest BCUT2D eigenvalue weighted by atomic mass is 10.4. The number of alkyl halides is 8. The Morgan fingerprint density at radius 1 is 0.867 bits per heavy atom. The highest BCUT2D eigenvalue weighted by Gasteiger charge is 2.52. The summed E-state index contributed by atoms with van der Waals surface area (Å²) in [5.74, 6) is -4.56. The van der Waals surface area contributed by atoms with Crippen molar-refractivity contribution in [3.05, 3.63) is 11.6 Å². The summed E-state index contributed by atoms with van der Waals surface area (Å²) in [6, 6.07) is 0. The van der Waals surface area contributed by atoms with Gasteiger partial charge >= 0.3 is 18.3 Å². The number of allylic oxidation sites excluding steroid dienone is 1. The van der Waals surface area contributed by atoms with Gasteiger partial charge in [-0.05, 0) is 0 Å². The molecule has 0 bridgehead atoms. The van der Waals surface area contributed by atoms with Crippen LogP contribution in [-0.4, -0.2) is 18.3 Å². The third-order valence-corrected chi connectivity index (χ3v) is 0.876. The highest BCUT2D eigenvalue weighted by Crippen LogP contribution is 2.34. The Balaban J connectivity index is 0. The smallest absolute Gasteiger partial charge is 0.197 e. The third kappa shape index (κ3) is 11.4. The molecule has 0 aromatic heterocycles. The van der Waals surface area contributed by atoms with Crippen molar-refractivity contribution in [1.29, 1.82) is 0 Å². The fourth-order valence-corrected chi connectivity index (χ4v) is 0.214. The fourth-order valence-electron chi connectivity index (χ4n) is 0.0714. The number of hydrogen-bond acceptors (Lipinski definition) is 0. The normalized spacial score (nSPS) is 13.7. The van der Waals surface area contributed by atoms with Gasteiger partial charge in [-0.2, -0.15) is 35.1 Å². The molecule has 9 heteroatoms. The van der Waals surface area contributed by atoms with Gasteiger partial charge in [0.2, 0.25) is 0 Å². The second-order valence-electron chi connectivity index (χ2n) is 2.22. The maximum Gasteiger partial charge on any atom is 0.452 e. The first-order chi connectivity index (χ1) is 6.31. The van der Waals surface area contributed by atoms with Crippen LogP contribution in [0.4, 0.5) is 35.1 Å². The highest BCUT2D eigenvalue weighted by molar-refractivity contribution is 6.25. The van der Waals surface area contributed by atoms with Crippen LogP contribution in [0, 0.1) is 0 Å². The minimum atomic E-state index is -5.40. The first-order valence-electron chi connectivity index (χ1n) is 3.10. The van der Waals surface area contributed by atoms with Crippen molar-refractivity contribution >= 4 is 11.6 Å². The summed E-state index contributed by atoms with van der Waals surface area (Å²) in [6.07, 6.45) is -9.71. The molecular weight excluding hydrogens is 260 g/mol. The summed E-state index contributed by atoms with van der Waals surface area (Å²) in [4.78, 5) is 0. The molecule has 0 spiro atoms. The Bertz CT molecular complexity index is 183. The zero-order chi connectivity index (χ0) is 12.9. The van der Waals surface area contributed by atoms with E-state index in [1.807, 2.05) is 0 Å². The van der Waals surface area contributed by atoms with Crippen LogP contribution in [0.5, 0.6) is 0 Å². The van der Waals surface area contributed by atoms with E-state index in [0.29, 0.717) is 5.54 Å². The highest BCUT2D eigenvalue weighted by atomic mass is 35.5. The van der Waals surface area contributed by atoms with Crippen molar-refractivity contribution in [2.45, 2.75) is 25.2 Å². The van der Waals surface area contributed by atoms with Crippen molar-refractivity contribution in [3.63, 3.8) is 0 Å². The summed E-state index contributed by atoms with van der Waals surface area (Å²) < 4.78 is 87.3. The summed E-state index contributed by atoms with van der Waals surface area (Å²) in [5, 5.41) is 0. The number of hydrogen-bond donors (Lipinski definition) is 0. The summed E-state index contributed by atoms with van der Waals surface area (Å²) >= 11 is 4.59. The van der Waals surface area contributed by atoms with Gasteiger partial charge in [-0.3, -0.25) is 0 Å². The van der Waals surface area contributed by atoms with E-state index < -0.39 is 18.3 Å². The van der Waals surface area contributed by atoms with Gasteiger partial charge < -0.3 is 0 Å². The van der Waals surface area contributed by atoms with Crippen LogP contribution in [0.2, 0.25) is 0 Å². The van der Waals surface area contributed by atoms with Gasteiger partial charge in [0.1, 0.15) is 0 Å². The molecule has 0 atom stereocenters. The molecule has 0 aliphatic carbocycles. The second kappa shape index (κ2) is 5.53. The van der Waals surface area contributed by atoms with Crippen molar-refractivity contribution in [3.8, 4) is 0 Å². The first-order valence-corrected chi connectivity index (χ1v) is 3.54. The molecule has 0 heterocycles. The molecule has 0 fully saturated rings. The largest absolute Gasteiger partial charge is 0.452 e. The maximum atomic E-state index is 11.1. The average Bonchev–Trinajstić information content (AvgIpc) is 1.79. The Morgan fingerprint density at radius 3 is 1.13 bits per heavy atom. The molecule has 0 rings (SSSR count). The monoisotopic (exact) mass is 264 g/mol. The lowest BCUT2D eigenvalue weighted by Gasteiger charge is -2.12. The molecule has 0 aliphatic heterocycles. The number of rotatable bonds is 0. The minimum Gasteiger partial charge on any atom is -0.197 e. The predicted octanol–water partition coefficient (Wildman–Crippen LogP) is 4.51. The zero-order valence-electron chi connectivity index (χ0n) is 7.06. The van der Waals surface area contributed by atoms with Gasteiger partial charge in [0.15, 0.2) is 0 Å². The molecule has 0 amide bonds. The Kier molecular flexibility index (Phi) is 6.22. The van der Waals surface area contributed by atoms with E-state index in [4.69, 9.17) is 0 Å².